The Morgan fingerprint density at radius 1 is 1.22 bits per heavy atom. The molecule has 2 N–H and O–H groups in total. The van der Waals surface area contributed by atoms with E-state index >= 15 is 0 Å². The van der Waals surface area contributed by atoms with E-state index in [2.05, 4.69) is 23.5 Å². The summed E-state index contributed by atoms with van der Waals surface area (Å²) in [6.45, 7) is 6.69. The highest BCUT2D eigenvalue weighted by Gasteiger charge is 2.05. The summed E-state index contributed by atoms with van der Waals surface area (Å²) in [6, 6.07) is 6.96. The smallest absolute Gasteiger partial charge is 0.335 e. The normalized spacial score (nSPS) is 10.9. The zero-order valence-corrected chi connectivity index (χ0v) is 13.9. The van der Waals surface area contributed by atoms with Crippen LogP contribution in [0.3, 0.4) is 0 Å². The molecule has 2 rings (SSSR count). The van der Waals surface area contributed by atoms with Crippen molar-refractivity contribution < 1.29 is 9.90 Å². The average molecular weight is 315 g/mol. The predicted octanol–water partition coefficient (Wildman–Crippen LogP) is 3.37. The maximum absolute atomic E-state index is 10.8. The van der Waals surface area contributed by atoms with Gasteiger partial charge >= 0.3 is 5.97 Å². The Hall–Kier alpha value is -2.14. The molecule has 124 valence electrons. The Balaban J connectivity index is 1.82. The summed E-state index contributed by atoms with van der Waals surface area (Å²) >= 11 is 0. The van der Waals surface area contributed by atoms with E-state index in [0.717, 1.165) is 24.3 Å². The summed E-state index contributed by atoms with van der Waals surface area (Å²) < 4.78 is 2.03. The van der Waals surface area contributed by atoms with Crippen LogP contribution in [0.2, 0.25) is 0 Å². The molecule has 0 atom stereocenters. The SMILES string of the molecule is CCCCCn1cc(CNCc2ccc(C(=O)O)cc2)c(C)n1. The molecule has 5 heteroatoms. The van der Waals surface area contributed by atoms with Crippen molar-refractivity contribution in [2.45, 2.75) is 52.7 Å². The maximum Gasteiger partial charge on any atom is 0.335 e. The van der Waals surface area contributed by atoms with E-state index in [1.807, 2.05) is 23.7 Å². The van der Waals surface area contributed by atoms with Gasteiger partial charge in [0, 0.05) is 31.4 Å². The van der Waals surface area contributed by atoms with Gasteiger partial charge in [0.05, 0.1) is 11.3 Å². The van der Waals surface area contributed by atoms with Gasteiger partial charge in [-0.15, -0.1) is 0 Å². The van der Waals surface area contributed by atoms with Crippen LogP contribution in [-0.4, -0.2) is 20.9 Å². The molecule has 0 spiro atoms. The van der Waals surface area contributed by atoms with Crippen LogP contribution in [0.1, 0.15) is 53.4 Å². The van der Waals surface area contributed by atoms with Crippen molar-refractivity contribution in [1.82, 2.24) is 15.1 Å². The van der Waals surface area contributed by atoms with Crippen molar-refractivity contribution in [3.63, 3.8) is 0 Å². The first-order valence-corrected chi connectivity index (χ1v) is 8.16. The van der Waals surface area contributed by atoms with E-state index < -0.39 is 5.97 Å². The van der Waals surface area contributed by atoms with Crippen LogP contribution in [0.15, 0.2) is 30.5 Å². The lowest BCUT2D eigenvalue weighted by Crippen LogP contribution is -2.13. The number of hydrogen-bond acceptors (Lipinski definition) is 3. The first kappa shape index (κ1) is 17.2. The summed E-state index contributed by atoms with van der Waals surface area (Å²) in [6.07, 6.45) is 5.74. The molecular formula is C18H25N3O2. The molecule has 0 amide bonds. The minimum atomic E-state index is -0.893. The van der Waals surface area contributed by atoms with E-state index in [1.54, 1.807) is 12.1 Å². The fraction of sp³-hybridized carbons (Fsp3) is 0.444. The van der Waals surface area contributed by atoms with E-state index in [1.165, 1.54) is 24.8 Å². The van der Waals surface area contributed by atoms with Gasteiger partial charge in [-0.05, 0) is 31.0 Å². The van der Waals surface area contributed by atoms with Crippen LogP contribution in [0.25, 0.3) is 0 Å². The van der Waals surface area contributed by atoms with Gasteiger partial charge < -0.3 is 10.4 Å². The second kappa shape index (κ2) is 8.48. The maximum atomic E-state index is 10.8. The molecule has 1 heterocycles. The molecule has 0 radical (unpaired) electrons. The highest BCUT2D eigenvalue weighted by Crippen LogP contribution is 2.08. The molecule has 0 saturated carbocycles. The molecule has 0 saturated heterocycles. The number of aryl methyl sites for hydroxylation is 2. The Labute approximate surface area is 137 Å². The number of nitrogens with zero attached hydrogens (tertiary/aromatic N) is 2. The summed E-state index contributed by atoms with van der Waals surface area (Å²) in [4.78, 5) is 10.8. The van der Waals surface area contributed by atoms with Crippen molar-refractivity contribution in [2.24, 2.45) is 0 Å². The monoisotopic (exact) mass is 315 g/mol. The molecule has 1 aromatic carbocycles. The minimum Gasteiger partial charge on any atom is -0.478 e. The van der Waals surface area contributed by atoms with E-state index in [9.17, 15) is 4.79 Å². The summed E-state index contributed by atoms with van der Waals surface area (Å²) in [7, 11) is 0. The molecule has 2 aromatic rings. The number of aromatic nitrogens is 2. The van der Waals surface area contributed by atoms with Crippen LogP contribution >= 0.6 is 0 Å². The highest BCUT2D eigenvalue weighted by molar-refractivity contribution is 5.87. The van der Waals surface area contributed by atoms with Gasteiger partial charge in [-0.1, -0.05) is 31.9 Å². The van der Waals surface area contributed by atoms with Crippen LogP contribution in [-0.2, 0) is 19.6 Å². The predicted molar refractivity (Wildman–Crippen MR) is 90.4 cm³/mol. The lowest BCUT2D eigenvalue weighted by Gasteiger charge is -2.04. The summed E-state index contributed by atoms with van der Waals surface area (Å²) in [5.74, 6) is -0.893. The number of benzene rings is 1. The van der Waals surface area contributed by atoms with E-state index in [-0.39, 0.29) is 0 Å². The zero-order chi connectivity index (χ0) is 16.7. The number of unbranched alkanes of at least 4 members (excludes halogenated alkanes) is 2. The second-order valence-corrected chi connectivity index (χ2v) is 5.82. The molecule has 0 bridgehead atoms. The van der Waals surface area contributed by atoms with Gasteiger partial charge in [-0.2, -0.15) is 5.10 Å². The highest BCUT2D eigenvalue weighted by atomic mass is 16.4. The van der Waals surface area contributed by atoms with Gasteiger partial charge in [0.1, 0.15) is 0 Å². The standard InChI is InChI=1S/C18H25N3O2/c1-3-4-5-10-21-13-17(14(2)20-21)12-19-11-15-6-8-16(9-7-15)18(22)23/h6-9,13,19H,3-5,10-12H2,1-2H3,(H,22,23). The minimum absolute atomic E-state index is 0.318. The number of carboxylic acid groups (broad SMARTS) is 1. The quantitative estimate of drug-likeness (QED) is 0.696. The van der Waals surface area contributed by atoms with Crippen molar-refractivity contribution in [1.29, 1.82) is 0 Å². The van der Waals surface area contributed by atoms with Crippen molar-refractivity contribution in [3.8, 4) is 0 Å². The first-order chi connectivity index (χ1) is 11.1. The molecule has 23 heavy (non-hydrogen) atoms. The molecule has 0 aliphatic heterocycles. The summed E-state index contributed by atoms with van der Waals surface area (Å²) in [5, 5.41) is 16.8. The number of nitrogens with one attached hydrogen (secondary N) is 1. The van der Waals surface area contributed by atoms with Crippen molar-refractivity contribution in [2.75, 3.05) is 0 Å². The van der Waals surface area contributed by atoms with Gasteiger partial charge in [0.25, 0.3) is 0 Å². The Morgan fingerprint density at radius 3 is 2.61 bits per heavy atom. The zero-order valence-electron chi connectivity index (χ0n) is 13.9. The van der Waals surface area contributed by atoms with Crippen molar-refractivity contribution in [3.05, 3.63) is 52.8 Å². The number of carbonyl (C=O) groups is 1. The number of rotatable bonds is 9. The largest absolute Gasteiger partial charge is 0.478 e. The molecule has 0 fully saturated rings. The van der Waals surface area contributed by atoms with E-state index in [0.29, 0.717) is 12.1 Å². The Morgan fingerprint density at radius 2 is 1.96 bits per heavy atom. The number of aromatic carboxylic acids is 1. The molecule has 0 aliphatic rings. The third-order valence-corrected chi connectivity index (χ3v) is 3.88. The summed E-state index contributed by atoms with van der Waals surface area (Å²) in [5.41, 5.74) is 3.67. The second-order valence-electron chi connectivity index (χ2n) is 5.82. The van der Waals surface area contributed by atoms with Gasteiger partial charge in [0.15, 0.2) is 0 Å². The van der Waals surface area contributed by atoms with Crippen LogP contribution < -0.4 is 5.32 Å². The molecule has 0 unspecified atom stereocenters. The molecular weight excluding hydrogens is 290 g/mol. The molecule has 5 nitrogen and oxygen atoms in total. The number of carboxylic acids is 1. The number of hydrogen-bond donors (Lipinski definition) is 2. The molecule has 1 aromatic heterocycles. The lowest BCUT2D eigenvalue weighted by molar-refractivity contribution is 0.0697. The Bertz CT molecular complexity index is 632. The fourth-order valence-corrected chi connectivity index (χ4v) is 2.48. The first-order valence-electron chi connectivity index (χ1n) is 8.16. The van der Waals surface area contributed by atoms with Gasteiger partial charge in [0.2, 0.25) is 0 Å². The van der Waals surface area contributed by atoms with Gasteiger partial charge in [-0.3, -0.25) is 4.68 Å². The fourth-order valence-electron chi connectivity index (χ4n) is 2.48. The van der Waals surface area contributed by atoms with Crippen LogP contribution in [0, 0.1) is 6.92 Å². The topological polar surface area (TPSA) is 67.2 Å². The lowest BCUT2D eigenvalue weighted by atomic mass is 10.1. The van der Waals surface area contributed by atoms with Crippen LogP contribution in [0.4, 0.5) is 0 Å². The molecule has 0 aliphatic carbocycles. The Kier molecular flexibility index (Phi) is 6.35. The average Bonchev–Trinajstić information content (AvgIpc) is 2.88. The van der Waals surface area contributed by atoms with Crippen molar-refractivity contribution >= 4 is 5.97 Å². The van der Waals surface area contributed by atoms with E-state index in [4.69, 9.17) is 5.11 Å². The van der Waals surface area contributed by atoms with Gasteiger partial charge in [-0.25, -0.2) is 4.79 Å². The van der Waals surface area contributed by atoms with Crippen LogP contribution in [0.5, 0.6) is 0 Å². The third kappa shape index (κ3) is 5.21. The third-order valence-electron chi connectivity index (χ3n) is 3.88.